The summed E-state index contributed by atoms with van der Waals surface area (Å²) < 4.78 is 40.5. The summed E-state index contributed by atoms with van der Waals surface area (Å²) in [6.07, 6.45) is -3.03. The number of nitrogens with zero attached hydrogens (tertiary/aromatic N) is 1. The highest BCUT2D eigenvalue weighted by Gasteiger charge is 2.30. The van der Waals surface area contributed by atoms with Gasteiger partial charge in [0.15, 0.2) is 0 Å². The molecule has 0 bridgehead atoms. The number of benzene rings is 1. The Balaban J connectivity index is 2.22. The summed E-state index contributed by atoms with van der Waals surface area (Å²) >= 11 is 2.08. The zero-order valence-electron chi connectivity index (χ0n) is 8.25. The first-order valence-corrected chi connectivity index (χ1v) is 5.58. The molecule has 0 aliphatic rings. The first-order chi connectivity index (χ1) is 7.96. The van der Waals surface area contributed by atoms with Crippen molar-refractivity contribution in [2.24, 2.45) is 0 Å². The summed E-state index contributed by atoms with van der Waals surface area (Å²) in [5.74, 6) is -0.240. The highest BCUT2D eigenvalue weighted by atomic mass is 127. The molecule has 1 aromatic heterocycles. The Morgan fingerprint density at radius 2 is 1.82 bits per heavy atom. The molecule has 0 radical (unpaired) electrons. The summed E-state index contributed by atoms with van der Waals surface area (Å²) in [5.41, 5.74) is 1.52. The molecule has 0 unspecified atom stereocenters. The van der Waals surface area contributed by atoms with Crippen molar-refractivity contribution in [3.05, 3.63) is 34.0 Å². The zero-order valence-corrected chi connectivity index (χ0v) is 10.4. The molecular formula is C10H6F3IN2O. The molecule has 1 N–H and O–H groups in total. The quantitative estimate of drug-likeness (QED) is 0.838. The molecule has 0 fully saturated rings. The van der Waals surface area contributed by atoms with Crippen molar-refractivity contribution in [1.29, 1.82) is 0 Å². The molecule has 0 saturated carbocycles. The van der Waals surface area contributed by atoms with E-state index < -0.39 is 6.36 Å². The fourth-order valence-corrected chi connectivity index (χ4v) is 1.87. The maximum atomic E-state index is 11.9. The monoisotopic (exact) mass is 354 g/mol. The van der Waals surface area contributed by atoms with Gasteiger partial charge in [0.2, 0.25) is 0 Å². The number of rotatable bonds is 2. The highest BCUT2D eigenvalue weighted by Crippen LogP contribution is 2.27. The molecule has 0 spiro atoms. The molecule has 0 aliphatic carbocycles. The number of hydrogen-bond acceptors (Lipinski definition) is 2. The van der Waals surface area contributed by atoms with E-state index in [1.165, 1.54) is 24.3 Å². The largest absolute Gasteiger partial charge is 0.573 e. The van der Waals surface area contributed by atoms with Crippen molar-refractivity contribution in [2.75, 3.05) is 0 Å². The number of halogens is 4. The molecule has 17 heavy (non-hydrogen) atoms. The van der Waals surface area contributed by atoms with Crippen LogP contribution in [0.25, 0.3) is 11.3 Å². The van der Waals surface area contributed by atoms with Gasteiger partial charge in [0.05, 0.1) is 15.5 Å². The van der Waals surface area contributed by atoms with Crippen molar-refractivity contribution in [1.82, 2.24) is 10.2 Å². The van der Waals surface area contributed by atoms with Crippen LogP contribution >= 0.6 is 22.6 Å². The maximum absolute atomic E-state index is 11.9. The molecular weight excluding hydrogens is 348 g/mol. The van der Waals surface area contributed by atoms with Crippen LogP contribution in [-0.2, 0) is 0 Å². The van der Waals surface area contributed by atoms with Gasteiger partial charge in [-0.25, -0.2) is 0 Å². The number of alkyl halides is 3. The van der Waals surface area contributed by atoms with Gasteiger partial charge in [0, 0.05) is 5.56 Å². The normalized spacial score (nSPS) is 11.5. The van der Waals surface area contributed by atoms with Crippen LogP contribution in [0.3, 0.4) is 0 Å². The van der Waals surface area contributed by atoms with E-state index in [9.17, 15) is 13.2 Å². The Kier molecular flexibility index (Phi) is 3.27. The van der Waals surface area contributed by atoms with Crippen molar-refractivity contribution in [3.63, 3.8) is 0 Å². The molecule has 1 heterocycles. The van der Waals surface area contributed by atoms with Crippen molar-refractivity contribution in [2.45, 2.75) is 6.36 Å². The van der Waals surface area contributed by atoms with Gasteiger partial charge in [0.25, 0.3) is 0 Å². The first-order valence-electron chi connectivity index (χ1n) is 4.51. The maximum Gasteiger partial charge on any atom is 0.573 e. The second-order valence-corrected chi connectivity index (χ2v) is 4.33. The van der Waals surface area contributed by atoms with Gasteiger partial charge in [-0.1, -0.05) is 0 Å². The third-order valence-electron chi connectivity index (χ3n) is 1.97. The molecule has 90 valence electrons. The second kappa shape index (κ2) is 4.55. The predicted octanol–water partition coefficient (Wildman–Crippen LogP) is 3.58. The molecule has 2 rings (SSSR count). The average molecular weight is 354 g/mol. The molecule has 7 heteroatoms. The third kappa shape index (κ3) is 3.11. The minimum absolute atomic E-state index is 0.240. The Morgan fingerprint density at radius 3 is 2.29 bits per heavy atom. The van der Waals surface area contributed by atoms with Crippen LogP contribution in [0.5, 0.6) is 5.75 Å². The average Bonchev–Trinajstić information content (AvgIpc) is 2.63. The summed E-state index contributed by atoms with van der Waals surface area (Å²) in [7, 11) is 0. The SMILES string of the molecule is FC(F)(F)Oc1ccc(-c2[nH]ncc2I)cc1. The van der Waals surface area contributed by atoms with Gasteiger partial charge in [-0.15, -0.1) is 13.2 Å². The molecule has 1 aromatic carbocycles. The van der Waals surface area contributed by atoms with Crippen LogP contribution in [0.1, 0.15) is 0 Å². The Morgan fingerprint density at radius 1 is 1.18 bits per heavy atom. The molecule has 0 saturated heterocycles. The Labute approximate surface area is 108 Å². The smallest absolute Gasteiger partial charge is 0.406 e. The van der Waals surface area contributed by atoms with Gasteiger partial charge in [-0.3, -0.25) is 5.10 Å². The number of aromatic amines is 1. The van der Waals surface area contributed by atoms with Crippen LogP contribution in [0, 0.1) is 3.57 Å². The minimum Gasteiger partial charge on any atom is -0.406 e. The van der Waals surface area contributed by atoms with Crippen LogP contribution < -0.4 is 4.74 Å². The number of aromatic nitrogens is 2. The Bertz CT molecular complexity index is 507. The van der Waals surface area contributed by atoms with Gasteiger partial charge < -0.3 is 4.74 Å². The number of ether oxygens (including phenoxy) is 1. The van der Waals surface area contributed by atoms with E-state index in [0.717, 1.165) is 14.8 Å². The molecule has 3 nitrogen and oxygen atoms in total. The topological polar surface area (TPSA) is 37.9 Å². The van der Waals surface area contributed by atoms with Crippen LogP contribution in [-0.4, -0.2) is 16.6 Å². The van der Waals surface area contributed by atoms with Crippen molar-refractivity contribution in [3.8, 4) is 17.0 Å². The lowest BCUT2D eigenvalue weighted by molar-refractivity contribution is -0.274. The van der Waals surface area contributed by atoms with E-state index in [4.69, 9.17) is 0 Å². The first kappa shape index (κ1) is 12.2. The van der Waals surface area contributed by atoms with Crippen LogP contribution in [0.4, 0.5) is 13.2 Å². The van der Waals surface area contributed by atoms with E-state index in [0.29, 0.717) is 0 Å². The van der Waals surface area contributed by atoms with E-state index in [-0.39, 0.29) is 5.75 Å². The predicted molar refractivity (Wildman–Crippen MR) is 63.4 cm³/mol. The summed E-state index contributed by atoms with van der Waals surface area (Å²) in [4.78, 5) is 0. The fraction of sp³-hybridized carbons (Fsp3) is 0.100. The number of nitrogens with one attached hydrogen (secondary N) is 1. The van der Waals surface area contributed by atoms with E-state index in [2.05, 4.69) is 37.5 Å². The van der Waals surface area contributed by atoms with E-state index in [1.807, 2.05) is 0 Å². The molecule has 2 aromatic rings. The van der Waals surface area contributed by atoms with Gasteiger partial charge in [-0.2, -0.15) is 5.10 Å². The van der Waals surface area contributed by atoms with Gasteiger partial charge in [-0.05, 0) is 46.9 Å². The number of H-pyrrole nitrogens is 1. The molecule has 0 atom stereocenters. The van der Waals surface area contributed by atoms with E-state index in [1.54, 1.807) is 6.20 Å². The van der Waals surface area contributed by atoms with Gasteiger partial charge >= 0.3 is 6.36 Å². The fourth-order valence-electron chi connectivity index (χ4n) is 1.30. The Hall–Kier alpha value is -1.25. The third-order valence-corrected chi connectivity index (χ3v) is 2.79. The molecule has 0 amide bonds. The van der Waals surface area contributed by atoms with E-state index >= 15 is 0 Å². The lowest BCUT2D eigenvalue weighted by atomic mass is 10.1. The highest BCUT2D eigenvalue weighted by molar-refractivity contribution is 14.1. The summed E-state index contributed by atoms with van der Waals surface area (Å²) in [6, 6.07) is 5.60. The lowest BCUT2D eigenvalue weighted by Gasteiger charge is -2.08. The zero-order chi connectivity index (χ0) is 12.5. The number of hydrogen-bond donors (Lipinski definition) is 1. The van der Waals surface area contributed by atoms with Crippen molar-refractivity contribution >= 4 is 22.6 Å². The van der Waals surface area contributed by atoms with Crippen LogP contribution in [0.15, 0.2) is 30.5 Å². The second-order valence-electron chi connectivity index (χ2n) is 3.17. The standard InChI is InChI=1S/C10H6F3IN2O/c11-10(12,13)17-7-3-1-6(2-4-7)9-8(14)5-15-16-9/h1-5H,(H,15,16). The minimum atomic E-state index is -4.66. The van der Waals surface area contributed by atoms with Crippen molar-refractivity contribution < 1.29 is 17.9 Å². The lowest BCUT2D eigenvalue weighted by Crippen LogP contribution is -2.16. The summed E-state index contributed by atoms with van der Waals surface area (Å²) in [5, 5.41) is 6.61. The van der Waals surface area contributed by atoms with Crippen LogP contribution in [0.2, 0.25) is 0 Å². The molecule has 0 aliphatic heterocycles. The van der Waals surface area contributed by atoms with Gasteiger partial charge in [0.1, 0.15) is 5.75 Å². The summed E-state index contributed by atoms with van der Waals surface area (Å²) in [6.45, 7) is 0.